The van der Waals surface area contributed by atoms with E-state index in [-0.39, 0.29) is 0 Å². The molecule has 0 spiro atoms. The van der Waals surface area contributed by atoms with Gasteiger partial charge in [0.2, 0.25) is 5.95 Å². The van der Waals surface area contributed by atoms with E-state index in [1.54, 1.807) is 20.4 Å². The Morgan fingerprint density at radius 3 is 2.68 bits per heavy atom. The molecule has 0 radical (unpaired) electrons. The number of nitrogens with zero attached hydrogens (tertiary/aromatic N) is 4. The Balaban J connectivity index is 1.45. The summed E-state index contributed by atoms with van der Waals surface area (Å²) in [6.07, 6.45) is 2.63. The lowest BCUT2D eigenvalue weighted by Gasteiger charge is -2.28. The van der Waals surface area contributed by atoms with Crippen molar-refractivity contribution in [3.63, 3.8) is 0 Å². The molecule has 1 aliphatic heterocycles. The van der Waals surface area contributed by atoms with Crippen molar-refractivity contribution in [1.29, 1.82) is 0 Å². The number of aromatic nitrogens is 3. The smallest absolute Gasteiger partial charge is 0.247 e. The summed E-state index contributed by atoms with van der Waals surface area (Å²) in [6, 6.07) is 14.3. The van der Waals surface area contributed by atoms with Crippen LogP contribution < -0.4 is 19.7 Å². The molecule has 1 aliphatic rings. The summed E-state index contributed by atoms with van der Waals surface area (Å²) < 4.78 is 10.6. The van der Waals surface area contributed by atoms with Crippen molar-refractivity contribution < 1.29 is 9.47 Å². The fourth-order valence-electron chi connectivity index (χ4n) is 3.36. The molecule has 3 aromatic rings. The molecule has 0 fully saturated rings. The topological polar surface area (TPSA) is 72.4 Å². The van der Waals surface area contributed by atoms with Crippen LogP contribution in [0.1, 0.15) is 16.7 Å². The molecule has 0 bridgehead atoms. The second-order valence-electron chi connectivity index (χ2n) is 6.62. The van der Waals surface area contributed by atoms with Gasteiger partial charge in [-0.2, -0.15) is 10.1 Å². The Hall–Kier alpha value is -3.35. The van der Waals surface area contributed by atoms with Gasteiger partial charge in [0.05, 0.1) is 20.4 Å². The Kier molecular flexibility index (Phi) is 5.23. The van der Waals surface area contributed by atoms with Gasteiger partial charge in [-0.3, -0.25) is 0 Å². The Labute approximate surface area is 164 Å². The number of hydrogen-bond acceptors (Lipinski definition) is 7. The van der Waals surface area contributed by atoms with Crippen molar-refractivity contribution >= 4 is 11.8 Å². The van der Waals surface area contributed by atoms with Gasteiger partial charge in [-0.15, -0.1) is 5.10 Å². The molecule has 0 aliphatic carbocycles. The van der Waals surface area contributed by atoms with E-state index in [1.165, 1.54) is 11.1 Å². The lowest BCUT2D eigenvalue weighted by atomic mass is 10.0. The first kappa shape index (κ1) is 18.0. The predicted molar refractivity (Wildman–Crippen MR) is 108 cm³/mol. The molecule has 7 heteroatoms. The number of rotatable bonds is 6. The molecular weight excluding hydrogens is 354 g/mol. The summed E-state index contributed by atoms with van der Waals surface area (Å²) in [4.78, 5) is 6.81. The van der Waals surface area contributed by atoms with Crippen LogP contribution in [0.4, 0.5) is 11.8 Å². The molecule has 144 valence electrons. The van der Waals surface area contributed by atoms with Crippen LogP contribution in [0.2, 0.25) is 0 Å². The first-order valence-electron chi connectivity index (χ1n) is 9.23. The highest BCUT2D eigenvalue weighted by Crippen LogP contribution is 2.28. The SMILES string of the molecule is COc1ccc(CNc2cnnc(N3CCc4ccccc4C3)n2)cc1OC. The lowest BCUT2D eigenvalue weighted by Crippen LogP contribution is -2.32. The summed E-state index contributed by atoms with van der Waals surface area (Å²) in [5, 5.41) is 11.7. The highest BCUT2D eigenvalue weighted by atomic mass is 16.5. The lowest BCUT2D eigenvalue weighted by molar-refractivity contribution is 0.354. The molecular formula is C21H23N5O2. The molecule has 1 N–H and O–H groups in total. The summed E-state index contributed by atoms with van der Waals surface area (Å²) in [6.45, 7) is 2.29. The molecule has 0 amide bonds. The van der Waals surface area contributed by atoms with Gasteiger partial charge in [0.15, 0.2) is 17.3 Å². The minimum Gasteiger partial charge on any atom is -0.493 e. The highest BCUT2D eigenvalue weighted by Gasteiger charge is 2.18. The van der Waals surface area contributed by atoms with Crippen molar-refractivity contribution in [3.05, 3.63) is 65.4 Å². The van der Waals surface area contributed by atoms with Gasteiger partial charge in [0.1, 0.15) is 0 Å². The van der Waals surface area contributed by atoms with E-state index in [0.717, 1.165) is 25.1 Å². The van der Waals surface area contributed by atoms with Crippen LogP contribution >= 0.6 is 0 Å². The second-order valence-corrected chi connectivity index (χ2v) is 6.62. The number of nitrogens with one attached hydrogen (secondary N) is 1. The number of anilines is 2. The van der Waals surface area contributed by atoms with Crippen molar-refractivity contribution in [2.45, 2.75) is 19.5 Å². The summed E-state index contributed by atoms with van der Waals surface area (Å²) in [7, 11) is 3.26. The van der Waals surface area contributed by atoms with Gasteiger partial charge < -0.3 is 19.7 Å². The van der Waals surface area contributed by atoms with E-state index in [9.17, 15) is 0 Å². The predicted octanol–water partition coefficient (Wildman–Crippen LogP) is 3.06. The number of methoxy groups -OCH3 is 2. The zero-order valence-electron chi connectivity index (χ0n) is 16.1. The maximum absolute atomic E-state index is 5.36. The molecule has 2 aromatic carbocycles. The van der Waals surface area contributed by atoms with E-state index < -0.39 is 0 Å². The molecule has 0 unspecified atom stereocenters. The fraction of sp³-hybridized carbons (Fsp3) is 0.286. The maximum atomic E-state index is 5.36. The van der Waals surface area contributed by atoms with Crippen molar-refractivity contribution in [2.24, 2.45) is 0 Å². The standard InChI is InChI=1S/C21H23N5O2/c1-27-18-8-7-15(11-19(18)28-2)12-22-20-13-23-25-21(24-20)26-10-9-16-5-3-4-6-17(16)14-26/h3-8,11,13H,9-10,12,14H2,1-2H3,(H,22,24,25). The summed E-state index contributed by atoms with van der Waals surface area (Å²) in [5.74, 6) is 2.75. The van der Waals surface area contributed by atoms with E-state index in [4.69, 9.17) is 9.47 Å². The number of ether oxygens (including phenoxy) is 2. The van der Waals surface area contributed by atoms with Crippen LogP contribution in [0.15, 0.2) is 48.7 Å². The fourth-order valence-corrected chi connectivity index (χ4v) is 3.36. The first-order chi connectivity index (χ1) is 13.8. The average molecular weight is 377 g/mol. The van der Waals surface area contributed by atoms with Gasteiger partial charge in [-0.1, -0.05) is 30.3 Å². The molecule has 28 heavy (non-hydrogen) atoms. The maximum Gasteiger partial charge on any atom is 0.247 e. The van der Waals surface area contributed by atoms with Gasteiger partial charge in [-0.25, -0.2) is 0 Å². The van der Waals surface area contributed by atoms with Crippen LogP contribution in [0.25, 0.3) is 0 Å². The summed E-state index contributed by atoms with van der Waals surface area (Å²) in [5.41, 5.74) is 3.78. The minimum absolute atomic E-state index is 0.599. The Morgan fingerprint density at radius 2 is 1.86 bits per heavy atom. The van der Waals surface area contributed by atoms with Crippen LogP contribution in [0.3, 0.4) is 0 Å². The molecule has 0 saturated heterocycles. The van der Waals surface area contributed by atoms with Gasteiger partial charge in [0, 0.05) is 19.6 Å². The van der Waals surface area contributed by atoms with E-state index in [1.807, 2.05) is 18.2 Å². The second kappa shape index (κ2) is 8.12. The molecule has 0 saturated carbocycles. The third kappa shape index (κ3) is 3.83. The highest BCUT2D eigenvalue weighted by molar-refractivity contribution is 5.46. The third-order valence-corrected chi connectivity index (χ3v) is 4.88. The van der Waals surface area contributed by atoms with Crippen molar-refractivity contribution in [1.82, 2.24) is 15.2 Å². The quantitative estimate of drug-likeness (QED) is 0.708. The van der Waals surface area contributed by atoms with Gasteiger partial charge in [-0.05, 0) is 35.2 Å². The van der Waals surface area contributed by atoms with Gasteiger partial charge in [0.25, 0.3) is 0 Å². The Morgan fingerprint density at radius 1 is 1.04 bits per heavy atom. The third-order valence-electron chi connectivity index (χ3n) is 4.88. The van der Waals surface area contributed by atoms with Crippen LogP contribution in [-0.2, 0) is 19.5 Å². The zero-order chi connectivity index (χ0) is 19.3. The van der Waals surface area contributed by atoms with Gasteiger partial charge >= 0.3 is 0 Å². The average Bonchev–Trinajstić information content (AvgIpc) is 2.77. The summed E-state index contributed by atoms with van der Waals surface area (Å²) >= 11 is 0. The monoisotopic (exact) mass is 377 g/mol. The van der Waals surface area contributed by atoms with Crippen LogP contribution in [0.5, 0.6) is 11.5 Å². The van der Waals surface area contributed by atoms with Crippen LogP contribution in [-0.4, -0.2) is 35.9 Å². The Bertz CT molecular complexity index is 963. The number of fused-ring (bicyclic) bond motifs is 1. The molecule has 0 atom stereocenters. The van der Waals surface area contributed by atoms with Crippen molar-refractivity contribution in [3.8, 4) is 11.5 Å². The number of benzene rings is 2. The number of hydrogen-bond donors (Lipinski definition) is 1. The molecule has 7 nitrogen and oxygen atoms in total. The largest absolute Gasteiger partial charge is 0.493 e. The zero-order valence-corrected chi connectivity index (χ0v) is 16.1. The van der Waals surface area contributed by atoms with E-state index >= 15 is 0 Å². The van der Waals surface area contributed by atoms with E-state index in [0.29, 0.717) is 29.8 Å². The minimum atomic E-state index is 0.599. The van der Waals surface area contributed by atoms with Crippen LogP contribution in [0, 0.1) is 0 Å². The van der Waals surface area contributed by atoms with E-state index in [2.05, 4.69) is 49.7 Å². The molecule has 4 rings (SSSR count). The van der Waals surface area contributed by atoms with Crippen molar-refractivity contribution in [2.75, 3.05) is 31.0 Å². The first-order valence-corrected chi connectivity index (χ1v) is 9.23. The molecule has 1 aromatic heterocycles. The molecule has 2 heterocycles. The normalized spacial score (nSPS) is 13.0.